The zero-order valence-corrected chi connectivity index (χ0v) is 13.6. The summed E-state index contributed by atoms with van der Waals surface area (Å²) >= 11 is 0. The highest BCUT2D eigenvalue weighted by Crippen LogP contribution is 2.49. The minimum absolute atomic E-state index is 0.280. The highest BCUT2D eigenvalue weighted by Gasteiger charge is 2.42. The molecule has 3 N–H and O–H groups in total. The lowest BCUT2D eigenvalue weighted by atomic mass is 9.77. The molecule has 1 atom stereocenters. The van der Waals surface area contributed by atoms with Crippen LogP contribution in [0.5, 0.6) is 0 Å². The van der Waals surface area contributed by atoms with Crippen LogP contribution in [0.25, 0.3) is 0 Å². The molecule has 0 aromatic heterocycles. The molecule has 0 aliphatic carbocycles. The maximum absolute atomic E-state index is 12.8. The standard InChI is InChI=1S/C18H17F3N2O2/c1-17(2)13-5-3-4-12(16(24)23-25)14(13)22-15(17)10-6-8-11(9-7-10)18(19,20)21/h3-9,15,22,25H,1-2H3,(H,23,24)/t15-/m1/s1. The topological polar surface area (TPSA) is 61.4 Å². The first-order chi connectivity index (χ1) is 11.7. The molecule has 1 amide bonds. The number of amides is 1. The minimum atomic E-state index is -4.38. The predicted octanol–water partition coefficient (Wildman–Crippen LogP) is 4.27. The summed E-state index contributed by atoms with van der Waals surface area (Å²) in [6.45, 7) is 3.91. The molecule has 2 aromatic rings. The Morgan fingerprint density at radius 1 is 1.16 bits per heavy atom. The first-order valence-corrected chi connectivity index (χ1v) is 7.68. The molecule has 0 bridgehead atoms. The van der Waals surface area contributed by atoms with Crippen molar-refractivity contribution in [3.05, 3.63) is 64.7 Å². The molecular weight excluding hydrogens is 333 g/mol. The number of halogens is 3. The molecule has 1 aliphatic rings. The fourth-order valence-corrected chi connectivity index (χ4v) is 3.34. The number of hydroxylamine groups is 1. The Kier molecular flexibility index (Phi) is 3.99. The summed E-state index contributed by atoms with van der Waals surface area (Å²) < 4.78 is 38.3. The molecule has 4 nitrogen and oxygen atoms in total. The van der Waals surface area contributed by atoms with Crippen LogP contribution in [-0.2, 0) is 11.6 Å². The number of fused-ring (bicyclic) bond motifs is 1. The summed E-state index contributed by atoms with van der Waals surface area (Å²) in [5.41, 5.74) is 2.85. The van der Waals surface area contributed by atoms with Crippen LogP contribution in [-0.4, -0.2) is 11.1 Å². The average Bonchev–Trinajstić information content (AvgIpc) is 2.85. The minimum Gasteiger partial charge on any atom is -0.376 e. The lowest BCUT2D eigenvalue weighted by Crippen LogP contribution is -2.25. The van der Waals surface area contributed by atoms with Gasteiger partial charge in [-0.2, -0.15) is 13.2 Å². The number of anilines is 1. The Morgan fingerprint density at radius 3 is 2.36 bits per heavy atom. The third kappa shape index (κ3) is 2.84. The van der Waals surface area contributed by atoms with Gasteiger partial charge >= 0.3 is 6.18 Å². The van der Waals surface area contributed by atoms with E-state index in [2.05, 4.69) is 5.32 Å². The monoisotopic (exact) mass is 350 g/mol. The van der Waals surface area contributed by atoms with Gasteiger partial charge in [0, 0.05) is 5.41 Å². The smallest absolute Gasteiger partial charge is 0.376 e. The van der Waals surface area contributed by atoms with E-state index in [1.807, 2.05) is 19.9 Å². The normalized spacial score (nSPS) is 18.4. The van der Waals surface area contributed by atoms with E-state index in [4.69, 9.17) is 5.21 Å². The molecule has 3 rings (SSSR count). The van der Waals surface area contributed by atoms with Crippen molar-refractivity contribution in [2.75, 3.05) is 5.32 Å². The Bertz CT molecular complexity index is 814. The van der Waals surface area contributed by atoms with E-state index in [1.165, 1.54) is 12.1 Å². The second kappa shape index (κ2) is 5.77. The van der Waals surface area contributed by atoms with Crippen LogP contribution in [0.3, 0.4) is 0 Å². The summed E-state index contributed by atoms with van der Waals surface area (Å²) in [6, 6.07) is 9.83. The molecule has 0 radical (unpaired) electrons. The number of alkyl halides is 3. The van der Waals surface area contributed by atoms with Crippen LogP contribution in [0.2, 0.25) is 0 Å². The molecule has 0 saturated carbocycles. The van der Waals surface area contributed by atoms with E-state index in [9.17, 15) is 18.0 Å². The van der Waals surface area contributed by atoms with Crippen molar-refractivity contribution in [2.24, 2.45) is 0 Å². The number of rotatable bonds is 2. The maximum atomic E-state index is 12.8. The number of hydrogen-bond donors (Lipinski definition) is 3. The summed E-state index contributed by atoms with van der Waals surface area (Å²) in [6.07, 6.45) is -4.38. The number of para-hydroxylation sites is 1. The Labute approximate surface area is 142 Å². The molecule has 1 heterocycles. The van der Waals surface area contributed by atoms with E-state index < -0.39 is 23.1 Å². The molecule has 0 saturated heterocycles. The fourth-order valence-electron chi connectivity index (χ4n) is 3.34. The molecule has 2 aromatic carbocycles. The van der Waals surface area contributed by atoms with Crippen molar-refractivity contribution in [3.8, 4) is 0 Å². The molecule has 0 unspecified atom stereocenters. The first-order valence-electron chi connectivity index (χ1n) is 7.68. The predicted molar refractivity (Wildman–Crippen MR) is 86.5 cm³/mol. The van der Waals surface area contributed by atoms with Gasteiger partial charge in [0.2, 0.25) is 0 Å². The number of carbonyl (C=O) groups excluding carboxylic acids is 1. The second-order valence-corrected chi connectivity index (χ2v) is 6.59. The Balaban J connectivity index is 2.01. The van der Waals surface area contributed by atoms with Crippen LogP contribution in [0.15, 0.2) is 42.5 Å². The van der Waals surface area contributed by atoms with Crippen molar-refractivity contribution in [3.63, 3.8) is 0 Å². The average molecular weight is 350 g/mol. The van der Waals surface area contributed by atoms with Crippen molar-refractivity contribution < 1.29 is 23.2 Å². The van der Waals surface area contributed by atoms with Gasteiger partial charge in [-0.25, -0.2) is 5.48 Å². The second-order valence-electron chi connectivity index (χ2n) is 6.59. The highest BCUT2D eigenvalue weighted by molar-refractivity contribution is 6.00. The van der Waals surface area contributed by atoms with Crippen molar-refractivity contribution in [1.82, 2.24) is 5.48 Å². The molecule has 7 heteroatoms. The Hall–Kier alpha value is -2.54. The van der Waals surface area contributed by atoms with Crippen LogP contribution in [0.1, 0.15) is 46.9 Å². The number of hydrogen-bond acceptors (Lipinski definition) is 3. The van der Waals surface area contributed by atoms with Crippen LogP contribution < -0.4 is 10.8 Å². The quantitative estimate of drug-likeness (QED) is 0.560. The van der Waals surface area contributed by atoms with Gasteiger partial charge in [0.05, 0.1) is 22.9 Å². The fraction of sp³-hybridized carbons (Fsp3) is 0.278. The van der Waals surface area contributed by atoms with E-state index in [-0.39, 0.29) is 11.6 Å². The first kappa shape index (κ1) is 17.3. The third-order valence-electron chi connectivity index (χ3n) is 4.69. The van der Waals surface area contributed by atoms with E-state index in [0.29, 0.717) is 11.3 Å². The van der Waals surface area contributed by atoms with E-state index >= 15 is 0 Å². The van der Waals surface area contributed by atoms with Gasteiger partial charge in [-0.15, -0.1) is 0 Å². The Morgan fingerprint density at radius 2 is 1.80 bits per heavy atom. The van der Waals surface area contributed by atoms with Gasteiger partial charge in [0.15, 0.2) is 0 Å². The van der Waals surface area contributed by atoms with Gasteiger partial charge < -0.3 is 5.32 Å². The SMILES string of the molecule is CC1(C)c2cccc(C(=O)NO)c2N[C@@H]1c1ccc(C(F)(F)F)cc1. The van der Waals surface area contributed by atoms with Crippen molar-refractivity contribution in [2.45, 2.75) is 31.5 Å². The van der Waals surface area contributed by atoms with Crippen molar-refractivity contribution in [1.29, 1.82) is 0 Å². The highest BCUT2D eigenvalue weighted by atomic mass is 19.4. The van der Waals surface area contributed by atoms with E-state index in [0.717, 1.165) is 17.7 Å². The van der Waals surface area contributed by atoms with Gasteiger partial charge in [-0.3, -0.25) is 10.0 Å². The van der Waals surface area contributed by atoms with Gasteiger partial charge in [-0.05, 0) is 29.3 Å². The van der Waals surface area contributed by atoms with Crippen molar-refractivity contribution >= 4 is 11.6 Å². The van der Waals surface area contributed by atoms with Gasteiger partial charge in [0.25, 0.3) is 5.91 Å². The summed E-state index contributed by atoms with van der Waals surface area (Å²) in [5, 5.41) is 12.1. The molecular formula is C18H17F3N2O2. The largest absolute Gasteiger partial charge is 0.416 e. The van der Waals surface area contributed by atoms with E-state index in [1.54, 1.807) is 17.6 Å². The van der Waals surface area contributed by atoms with Gasteiger partial charge in [0.1, 0.15) is 0 Å². The zero-order chi connectivity index (χ0) is 18.4. The molecule has 0 spiro atoms. The summed E-state index contributed by atoms with van der Waals surface area (Å²) in [5.74, 6) is -0.645. The molecule has 132 valence electrons. The number of benzene rings is 2. The lowest BCUT2D eigenvalue weighted by Gasteiger charge is -2.28. The summed E-state index contributed by atoms with van der Waals surface area (Å²) in [7, 11) is 0. The lowest BCUT2D eigenvalue weighted by molar-refractivity contribution is -0.137. The molecule has 25 heavy (non-hydrogen) atoms. The third-order valence-corrected chi connectivity index (χ3v) is 4.69. The number of carbonyl (C=O) groups is 1. The maximum Gasteiger partial charge on any atom is 0.416 e. The molecule has 0 fully saturated rings. The van der Waals surface area contributed by atoms with Gasteiger partial charge in [-0.1, -0.05) is 38.1 Å². The van der Waals surface area contributed by atoms with Crippen LogP contribution in [0, 0.1) is 0 Å². The van der Waals surface area contributed by atoms with Crippen LogP contribution in [0.4, 0.5) is 18.9 Å². The zero-order valence-electron chi connectivity index (χ0n) is 13.6. The molecule has 1 aliphatic heterocycles. The van der Waals surface area contributed by atoms with Crippen LogP contribution >= 0.6 is 0 Å². The summed E-state index contributed by atoms with van der Waals surface area (Å²) in [4.78, 5) is 11.9. The number of nitrogens with one attached hydrogen (secondary N) is 2.